The summed E-state index contributed by atoms with van der Waals surface area (Å²) in [7, 11) is 1.94. The molecule has 1 aliphatic heterocycles. The summed E-state index contributed by atoms with van der Waals surface area (Å²) >= 11 is 0. The zero-order valence-electron chi connectivity index (χ0n) is 14.4. The first-order valence-corrected chi connectivity index (χ1v) is 8.20. The number of amidine groups is 1. The van der Waals surface area contributed by atoms with Crippen LogP contribution in [0.5, 0.6) is 0 Å². The number of aliphatic imine (C=N–C) groups is 2. The second-order valence-electron chi connectivity index (χ2n) is 7.13. The Morgan fingerprint density at radius 2 is 1.91 bits per heavy atom. The van der Waals surface area contributed by atoms with Gasteiger partial charge in [0, 0.05) is 43.4 Å². The zero-order chi connectivity index (χ0) is 16.2. The molecule has 0 spiro atoms. The average Bonchev–Trinajstić information content (AvgIpc) is 2.45. The Hall–Kier alpha value is -1.20. The summed E-state index contributed by atoms with van der Waals surface area (Å²) in [6.07, 6.45) is 4.27. The molecular formula is C17H30N4O. The molecule has 1 saturated heterocycles. The van der Waals surface area contributed by atoms with E-state index in [4.69, 9.17) is 9.73 Å². The lowest BCUT2D eigenvalue weighted by molar-refractivity contribution is -0.00592. The molecule has 5 heteroatoms. The zero-order valence-corrected chi connectivity index (χ0v) is 14.4. The predicted octanol–water partition coefficient (Wildman–Crippen LogP) is 2.10. The van der Waals surface area contributed by atoms with E-state index >= 15 is 0 Å². The molecule has 0 bridgehead atoms. The molecule has 0 aromatic rings. The van der Waals surface area contributed by atoms with E-state index in [2.05, 4.69) is 42.7 Å². The smallest absolute Gasteiger partial charge is 0.148 e. The first kappa shape index (κ1) is 17.2. The van der Waals surface area contributed by atoms with Gasteiger partial charge in [-0.1, -0.05) is 20.8 Å². The molecule has 2 rings (SSSR count). The van der Waals surface area contributed by atoms with E-state index < -0.39 is 0 Å². The first-order valence-electron chi connectivity index (χ1n) is 8.20. The molecule has 0 radical (unpaired) electrons. The van der Waals surface area contributed by atoms with Crippen LogP contribution >= 0.6 is 0 Å². The van der Waals surface area contributed by atoms with Crippen LogP contribution in [0.2, 0.25) is 0 Å². The molecule has 124 valence electrons. The molecule has 0 amide bonds. The standard InChI is InChI=1S/C17H30N4O/c1-17(2,3)15(18-4)12-16(19-5)20-13-10-14(11-13)21-6-8-22-9-7-21/h12-14,18H,5-11H2,1-4H3. The summed E-state index contributed by atoms with van der Waals surface area (Å²) in [5.41, 5.74) is 1.18. The van der Waals surface area contributed by atoms with Crippen molar-refractivity contribution in [2.45, 2.75) is 45.7 Å². The van der Waals surface area contributed by atoms with Crippen molar-refractivity contribution in [1.29, 1.82) is 0 Å². The minimum absolute atomic E-state index is 0.0517. The van der Waals surface area contributed by atoms with E-state index in [9.17, 15) is 0 Å². The van der Waals surface area contributed by atoms with Gasteiger partial charge in [0.15, 0.2) is 0 Å². The third-order valence-electron chi connectivity index (χ3n) is 4.48. The lowest BCUT2D eigenvalue weighted by Gasteiger charge is -2.42. The number of allylic oxidation sites excluding steroid dienone is 1. The normalized spacial score (nSPS) is 28.2. The number of morpholine rings is 1. The van der Waals surface area contributed by atoms with E-state index in [1.807, 2.05) is 13.1 Å². The van der Waals surface area contributed by atoms with Gasteiger partial charge in [-0.05, 0) is 19.6 Å². The number of rotatable bonds is 4. The van der Waals surface area contributed by atoms with Crippen LogP contribution < -0.4 is 5.32 Å². The van der Waals surface area contributed by atoms with Crippen LogP contribution in [-0.2, 0) is 4.74 Å². The minimum atomic E-state index is 0.0517. The molecule has 0 aromatic heterocycles. The number of ether oxygens (including phenoxy) is 1. The van der Waals surface area contributed by atoms with Gasteiger partial charge in [-0.15, -0.1) is 0 Å². The molecule has 1 N–H and O–H groups in total. The van der Waals surface area contributed by atoms with Crippen molar-refractivity contribution in [2.24, 2.45) is 15.4 Å². The fraction of sp³-hybridized carbons (Fsp3) is 0.765. The summed E-state index contributed by atoms with van der Waals surface area (Å²) in [6, 6.07) is 1.04. The van der Waals surface area contributed by atoms with Gasteiger partial charge >= 0.3 is 0 Å². The van der Waals surface area contributed by atoms with E-state index in [0.29, 0.717) is 12.1 Å². The number of nitrogens with zero attached hydrogens (tertiary/aromatic N) is 3. The second-order valence-corrected chi connectivity index (χ2v) is 7.13. The van der Waals surface area contributed by atoms with Crippen LogP contribution in [0.3, 0.4) is 0 Å². The van der Waals surface area contributed by atoms with Crippen LogP contribution in [0.25, 0.3) is 0 Å². The Labute approximate surface area is 134 Å². The predicted molar refractivity (Wildman–Crippen MR) is 92.8 cm³/mol. The van der Waals surface area contributed by atoms with Gasteiger partial charge in [0.2, 0.25) is 0 Å². The molecule has 2 fully saturated rings. The number of hydrogen-bond acceptors (Lipinski definition) is 4. The van der Waals surface area contributed by atoms with Crippen molar-refractivity contribution in [2.75, 3.05) is 33.4 Å². The van der Waals surface area contributed by atoms with Crippen LogP contribution in [0, 0.1) is 5.41 Å². The van der Waals surface area contributed by atoms with Crippen LogP contribution in [0.4, 0.5) is 0 Å². The maximum absolute atomic E-state index is 5.41. The molecular weight excluding hydrogens is 276 g/mol. The molecule has 22 heavy (non-hydrogen) atoms. The van der Waals surface area contributed by atoms with Crippen molar-refractivity contribution in [3.05, 3.63) is 11.8 Å². The van der Waals surface area contributed by atoms with E-state index in [0.717, 1.165) is 50.7 Å². The van der Waals surface area contributed by atoms with Crippen molar-refractivity contribution >= 4 is 12.6 Å². The molecule has 2 aliphatic rings. The summed E-state index contributed by atoms with van der Waals surface area (Å²) in [4.78, 5) is 11.4. The molecule has 1 heterocycles. The fourth-order valence-electron chi connectivity index (χ4n) is 3.01. The molecule has 5 nitrogen and oxygen atoms in total. The van der Waals surface area contributed by atoms with Gasteiger partial charge in [-0.2, -0.15) is 0 Å². The molecule has 0 atom stereocenters. The fourth-order valence-corrected chi connectivity index (χ4v) is 3.01. The SMILES string of the molecule is C=NC(C=C(NC)C(C)(C)C)=NC1CC(N2CCOCC2)C1. The molecule has 1 saturated carbocycles. The number of nitrogens with one attached hydrogen (secondary N) is 1. The van der Waals surface area contributed by atoms with Crippen molar-refractivity contribution in [3.8, 4) is 0 Å². The highest BCUT2D eigenvalue weighted by Gasteiger charge is 2.34. The van der Waals surface area contributed by atoms with E-state index in [-0.39, 0.29) is 5.41 Å². The molecule has 1 aliphatic carbocycles. The lowest BCUT2D eigenvalue weighted by atomic mass is 9.85. The summed E-state index contributed by atoms with van der Waals surface area (Å²) in [5.74, 6) is 0.740. The Bertz CT molecular complexity index is 438. The molecule has 0 aromatic carbocycles. The topological polar surface area (TPSA) is 49.2 Å². The molecule has 0 unspecified atom stereocenters. The highest BCUT2D eigenvalue weighted by atomic mass is 16.5. The van der Waals surface area contributed by atoms with Gasteiger partial charge in [-0.3, -0.25) is 9.89 Å². The maximum atomic E-state index is 5.41. The van der Waals surface area contributed by atoms with Crippen LogP contribution in [0.1, 0.15) is 33.6 Å². The van der Waals surface area contributed by atoms with Crippen LogP contribution in [-0.4, -0.2) is 62.9 Å². The Kier molecular flexibility index (Phi) is 5.75. The Morgan fingerprint density at radius 3 is 2.41 bits per heavy atom. The van der Waals surface area contributed by atoms with Gasteiger partial charge < -0.3 is 10.1 Å². The van der Waals surface area contributed by atoms with E-state index in [1.54, 1.807) is 0 Å². The Balaban J connectivity index is 1.93. The summed E-state index contributed by atoms with van der Waals surface area (Å²) in [6.45, 7) is 14.0. The van der Waals surface area contributed by atoms with Gasteiger partial charge in [0.1, 0.15) is 5.84 Å². The van der Waals surface area contributed by atoms with Crippen molar-refractivity contribution in [3.63, 3.8) is 0 Å². The van der Waals surface area contributed by atoms with Crippen molar-refractivity contribution < 1.29 is 4.74 Å². The van der Waals surface area contributed by atoms with Crippen molar-refractivity contribution in [1.82, 2.24) is 10.2 Å². The average molecular weight is 306 g/mol. The summed E-state index contributed by atoms with van der Waals surface area (Å²) in [5, 5.41) is 3.25. The third kappa shape index (κ3) is 4.40. The monoisotopic (exact) mass is 306 g/mol. The second kappa shape index (κ2) is 7.38. The quantitative estimate of drug-likeness (QED) is 0.639. The Morgan fingerprint density at radius 1 is 1.27 bits per heavy atom. The minimum Gasteiger partial charge on any atom is -0.391 e. The lowest BCUT2D eigenvalue weighted by Crippen LogP contribution is -2.51. The first-order chi connectivity index (χ1) is 10.4. The van der Waals surface area contributed by atoms with E-state index in [1.165, 1.54) is 0 Å². The highest BCUT2D eigenvalue weighted by molar-refractivity contribution is 5.96. The van der Waals surface area contributed by atoms with Gasteiger partial charge in [0.05, 0.1) is 19.3 Å². The largest absolute Gasteiger partial charge is 0.391 e. The number of hydrogen-bond donors (Lipinski definition) is 1. The maximum Gasteiger partial charge on any atom is 0.148 e. The van der Waals surface area contributed by atoms with Crippen LogP contribution in [0.15, 0.2) is 21.8 Å². The highest BCUT2D eigenvalue weighted by Crippen LogP contribution is 2.29. The summed E-state index contributed by atoms with van der Waals surface area (Å²) < 4.78 is 5.41. The third-order valence-corrected chi connectivity index (χ3v) is 4.48. The van der Waals surface area contributed by atoms with Gasteiger partial charge in [-0.25, -0.2) is 4.99 Å². The van der Waals surface area contributed by atoms with Gasteiger partial charge in [0.25, 0.3) is 0 Å².